The van der Waals surface area contributed by atoms with Gasteiger partial charge in [-0.05, 0) is 36.4 Å². The summed E-state index contributed by atoms with van der Waals surface area (Å²) in [6, 6.07) is 5.42. The van der Waals surface area contributed by atoms with E-state index in [1.165, 1.54) is 11.3 Å². The van der Waals surface area contributed by atoms with Gasteiger partial charge < -0.3 is 14.6 Å². The summed E-state index contributed by atoms with van der Waals surface area (Å²) in [4.78, 5) is 31.8. The van der Waals surface area contributed by atoms with E-state index in [-0.39, 0.29) is 24.9 Å². The fourth-order valence-corrected chi connectivity index (χ4v) is 3.02. The lowest BCUT2D eigenvalue weighted by atomic mass is 10.2. The summed E-state index contributed by atoms with van der Waals surface area (Å²) in [7, 11) is 0. The van der Waals surface area contributed by atoms with Gasteiger partial charge in [0.2, 0.25) is 11.7 Å². The minimum absolute atomic E-state index is 0.125. The molecule has 1 amide bonds. The van der Waals surface area contributed by atoms with E-state index in [1.807, 2.05) is 11.4 Å². The van der Waals surface area contributed by atoms with E-state index in [4.69, 9.17) is 9.26 Å². The lowest BCUT2D eigenvalue weighted by molar-refractivity contribution is -0.143. The molecule has 8 nitrogen and oxygen atoms in total. The summed E-state index contributed by atoms with van der Waals surface area (Å²) in [6.07, 6.45) is 5.25. The second kappa shape index (κ2) is 10.3. The van der Waals surface area contributed by atoms with Crippen molar-refractivity contribution in [1.29, 1.82) is 0 Å². The van der Waals surface area contributed by atoms with Crippen molar-refractivity contribution < 1.29 is 18.8 Å². The first-order valence-electron chi connectivity index (χ1n) is 8.91. The van der Waals surface area contributed by atoms with Gasteiger partial charge in [-0.25, -0.2) is 0 Å². The molecule has 0 saturated heterocycles. The summed E-state index contributed by atoms with van der Waals surface area (Å²) >= 11 is 1.47. The quantitative estimate of drug-likeness (QED) is 0.412. The predicted molar refractivity (Wildman–Crippen MR) is 103 cm³/mol. The van der Waals surface area contributed by atoms with E-state index in [0.29, 0.717) is 43.1 Å². The lowest BCUT2D eigenvalue weighted by Gasteiger charge is -2.05. The minimum Gasteiger partial charge on any atom is -0.466 e. The number of rotatable bonds is 10. The van der Waals surface area contributed by atoms with Gasteiger partial charge in [0.05, 0.1) is 6.61 Å². The Morgan fingerprint density at radius 1 is 1.25 bits per heavy atom. The van der Waals surface area contributed by atoms with Gasteiger partial charge in [0.25, 0.3) is 5.91 Å². The van der Waals surface area contributed by atoms with Crippen molar-refractivity contribution >= 4 is 23.2 Å². The highest BCUT2D eigenvalue weighted by molar-refractivity contribution is 7.08. The largest absolute Gasteiger partial charge is 0.466 e. The lowest BCUT2D eigenvalue weighted by Crippen LogP contribution is -2.24. The number of nitrogens with one attached hydrogen (secondary N) is 1. The van der Waals surface area contributed by atoms with Crippen LogP contribution in [0.15, 0.2) is 45.9 Å². The van der Waals surface area contributed by atoms with E-state index < -0.39 is 0 Å². The van der Waals surface area contributed by atoms with E-state index >= 15 is 0 Å². The molecule has 0 saturated carbocycles. The Labute approximate surface area is 165 Å². The number of esters is 1. The van der Waals surface area contributed by atoms with Crippen molar-refractivity contribution in [3.63, 3.8) is 0 Å². The van der Waals surface area contributed by atoms with Crippen molar-refractivity contribution in [2.24, 2.45) is 0 Å². The van der Waals surface area contributed by atoms with Crippen LogP contribution in [0.2, 0.25) is 0 Å². The van der Waals surface area contributed by atoms with Crippen LogP contribution >= 0.6 is 11.3 Å². The molecule has 1 N–H and O–H groups in total. The molecule has 0 spiro atoms. The van der Waals surface area contributed by atoms with E-state index in [9.17, 15) is 9.59 Å². The van der Waals surface area contributed by atoms with Crippen LogP contribution in [-0.2, 0) is 16.0 Å². The molecule has 9 heteroatoms. The second-order valence-electron chi connectivity index (χ2n) is 5.95. The molecular weight excluding hydrogens is 380 g/mol. The summed E-state index contributed by atoms with van der Waals surface area (Å²) in [5, 5.41) is 10.3. The molecule has 0 unspecified atom stereocenters. The Balaban J connectivity index is 1.26. The van der Waals surface area contributed by atoms with Crippen molar-refractivity contribution in [2.45, 2.75) is 25.7 Å². The smallest absolute Gasteiger partial charge is 0.305 e. The number of carbonyl (C=O) groups is 2. The molecule has 146 valence electrons. The van der Waals surface area contributed by atoms with Gasteiger partial charge in [-0.1, -0.05) is 5.16 Å². The van der Waals surface area contributed by atoms with Gasteiger partial charge >= 0.3 is 5.97 Å². The summed E-state index contributed by atoms with van der Waals surface area (Å²) < 4.78 is 10.4. The van der Waals surface area contributed by atoms with Crippen LogP contribution in [0, 0.1) is 0 Å². The zero-order valence-corrected chi connectivity index (χ0v) is 16.0. The van der Waals surface area contributed by atoms with Crippen molar-refractivity contribution in [3.05, 3.63) is 52.8 Å². The maximum absolute atomic E-state index is 11.7. The number of hydrogen-bond acceptors (Lipinski definition) is 8. The maximum Gasteiger partial charge on any atom is 0.305 e. The standard InChI is InChI=1S/C19H20N4O4S/c24-17(6-2-9-21-19(25)15-7-11-28-13-15)26-10-3-5-16-22-18(23-27-16)14-4-1-8-20-12-14/h1,4,7-8,11-13H,2-3,5-6,9-10H2,(H,21,25). The fourth-order valence-electron chi connectivity index (χ4n) is 2.38. The van der Waals surface area contributed by atoms with Crippen LogP contribution in [0.4, 0.5) is 0 Å². The zero-order valence-electron chi connectivity index (χ0n) is 15.2. The van der Waals surface area contributed by atoms with Crippen LogP contribution in [0.25, 0.3) is 11.4 Å². The summed E-state index contributed by atoms with van der Waals surface area (Å²) in [5.41, 5.74) is 1.43. The molecule has 0 aliphatic rings. The van der Waals surface area contributed by atoms with E-state index in [1.54, 1.807) is 29.9 Å². The number of pyridine rings is 1. The molecule has 0 radical (unpaired) electrons. The first kappa shape index (κ1) is 19.7. The van der Waals surface area contributed by atoms with Crippen LogP contribution in [0.5, 0.6) is 0 Å². The number of amides is 1. The third kappa shape index (κ3) is 5.98. The van der Waals surface area contributed by atoms with Crippen molar-refractivity contribution in [3.8, 4) is 11.4 Å². The Morgan fingerprint density at radius 3 is 2.96 bits per heavy atom. The molecule has 0 aromatic carbocycles. The molecule has 0 fully saturated rings. The van der Waals surface area contributed by atoms with Gasteiger partial charge in [-0.15, -0.1) is 0 Å². The second-order valence-corrected chi connectivity index (χ2v) is 6.73. The molecule has 3 aromatic rings. The SMILES string of the molecule is O=C(CCCNC(=O)c1ccsc1)OCCCc1nc(-c2cccnc2)no1. The van der Waals surface area contributed by atoms with Crippen LogP contribution < -0.4 is 5.32 Å². The number of ether oxygens (including phenoxy) is 1. The molecule has 28 heavy (non-hydrogen) atoms. The van der Waals surface area contributed by atoms with Gasteiger partial charge in [0.1, 0.15) is 0 Å². The number of thiophene rings is 1. The zero-order chi connectivity index (χ0) is 19.6. The van der Waals surface area contributed by atoms with Crippen LogP contribution in [0.3, 0.4) is 0 Å². The Kier molecular flexibility index (Phi) is 7.25. The highest BCUT2D eigenvalue weighted by atomic mass is 32.1. The van der Waals surface area contributed by atoms with Gasteiger partial charge in [0, 0.05) is 48.3 Å². The topological polar surface area (TPSA) is 107 Å². The molecule has 3 heterocycles. The van der Waals surface area contributed by atoms with Crippen molar-refractivity contribution in [1.82, 2.24) is 20.4 Å². The normalized spacial score (nSPS) is 10.6. The van der Waals surface area contributed by atoms with E-state index in [2.05, 4.69) is 20.4 Å². The number of nitrogens with zero attached hydrogens (tertiary/aromatic N) is 3. The predicted octanol–water partition coefficient (Wildman–Crippen LogP) is 2.88. The van der Waals surface area contributed by atoms with Crippen LogP contribution in [0.1, 0.15) is 35.5 Å². The third-order valence-electron chi connectivity index (χ3n) is 3.81. The molecular formula is C19H20N4O4S. The highest BCUT2D eigenvalue weighted by Crippen LogP contribution is 2.14. The fraction of sp³-hybridized carbons (Fsp3) is 0.316. The number of carbonyl (C=O) groups excluding carboxylic acids is 2. The van der Waals surface area contributed by atoms with Gasteiger partial charge in [-0.2, -0.15) is 16.3 Å². The third-order valence-corrected chi connectivity index (χ3v) is 4.50. The van der Waals surface area contributed by atoms with Crippen LogP contribution in [-0.4, -0.2) is 40.2 Å². The summed E-state index contributed by atoms with van der Waals surface area (Å²) in [6.45, 7) is 0.716. The molecule has 0 aliphatic carbocycles. The number of hydrogen-bond donors (Lipinski definition) is 1. The van der Waals surface area contributed by atoms with Crippen molar-refractivity contribution in [2.75, 3.05) is 13.2 Å². The molecule has 0 atom stereocenters. The molecule has 0 bridgehead atoms. The average molecular weight is 400 g/mol. The van der Waals surface area contributed by atoms with E-state index in [0.717, 1.165) is 5.56 Å². The molecule has 3 aromatic heterocycles. The Morgan fingerprint density at radius 2 is 2.18 bits per heavy atom. The number of aryl methyl sites for hydroxylation is 1. The maximum atomic E-state index is 11.7. The minimum atomic E-state index is -0.286. The molecule has 0 aliphatic heterocycles. The first-order valence-corrected chi connectivity index (χ1v) is 9.85. The highest BCUT2D eigenvalue weighted by Gasteiger charge is 2.10. The van der Waals surface area contributed by atoms with Gasteiger partial charge in [-0.3, -0.25) is 14.6 Å². The monoisotopic (exact) mass is 400 g/mol. The Hall–Kier alpha value is -3.07. The Bertz CT molecular complexity index is 880. The van der Waals surface area contributed by atoms with Gasteiger partial charge in [0.15, 0.2) is 0 Å². The first-order chi connectivity index (χ1) is 13.7. The number of aromatic nitrogens is 3. The average Bonchev–Trinajstić information content (AvgIpc) is 3.41. The summed E-state index contributed by atoms with van der Waals surface area (Å²) in [5.74, 6) is 0.571. The molecule has 3 rings (SSSR count).